The van der Waals surface area contributed by atoms with Gasteiger partial charge in [0.1, 0.15) is 5.82 Å². The Hall–Kier alpha value is -2.00. The summed E-state index contributed by atoms with van der Waals surface area (Å²) in [6, 6.07) is 7.48. The van der Waals surface area contributed by atoms with Crippen molar-refractivity contribution in [3.05, 3.63) is 40.7 Å². The van der Waals surface area contributed by atoms with Gasteiger partial charge in [0, 0.05) is 39.3 Å². The number of pyridine rings is 1. The first kappa shape index (κ1) is 21.7. The Kier molecular flexibility index (Phi) is 8.00. The van der Waals surface area contributed by atoms with E-state index in [4.69, 9.17) is 4.74 Å². The maximum Gasteiger partial charge on any atom is 0.265 e. The third-order valence-electron chi connectivity index (χ3n) is 4.68. The van der Waals surface area contributed by atoms with Crippen LogP contribution in [0.15, 0.2) is 35.8 Å². The number of anilines is 2. The van der Waals surface area contributed by atoms with Crippen LogP contribution in [0.3, 0.4) is 0 Å². The van der Waals surface area contributed by atoms with Gasteiger partial charge in [-0.2, -0.15) is 0 Å². The SMILES string of the molecule is CC(C)COCC(O)CN1CCN(c2ccc(NC(=O)c3cccs3)cn2)CC1. The van der Waals surface area contributed by atoms with Gasteiger partial charge in [-0.15, -0.1) is 11.3 Å². The largest absolute Gasteiger partial charge is 0.389 e. The van der Waals surface area contributed by atoms with Crippen molar-refractivity contribution >= 4 is 28.7 Å². The van der Waals surface area contributed by atoms with Crippen molar-refractivity contribution in [2.75, 3.05) is 56.2 Å². The summed E-state index contributed by atoms with van der Waals surface area (Å²) in [5.74, 6) is 1.27. The fourth-order valence-corrected chi connectivity index (χ4v) is 3.82. The zero-order valence-corrected chi connectivity index (χ0v) is 17.9. The second-order valence-corrected chi connectivity index (χ2v) is 8.66. The quantitative estimate of drug-likeness (QED) is 0.652. The molecule has 2 aromatic heterocycles. The number of thiophene rings is 1. The lowest BCUT2D eigenvalue weighted by Crippen LogP contribution is -2.49. The molecule has 0 radical (unpaired) electrons. The van der Waals surface area contributed by atoms with Crippen LogP contribution in [0.2, 0.25) is 0 Å². The number of hydrogen-bond donors (Lipinski definition) is 2. The molecule has 158 valence electrons. The number of hydrogen-bond acceptors (Lipinski definition) is 7. The van der Waals surface area contributed by atoms with Crippen LogP contribution in [-0.2, 0) is 4.74 Å². The number of carbonyl (C=O) groups excluding carboxylic acids is 1. The molecule has 1 atom stereocenters. The number of β-amino-alcohol motifs (C(OH)–C–C–N with tert-alkyl or cyclic N) is 1. The number of rotatable bonds is 9. The molecule has 0 bridgehead atoms. The number of nitrogens with zero attached hydrogens (tertiary/aromatic N) is 3. The molecule has 3 heterocycles. The zero-order valence-electron chi connectivity index (χ0n) is 17.1. The molecular formula is C21H30N4O3S. The van der Waals surface area contributed by atoms with Gasteiger partial charge in [0.2, 0.25) is 0 Å². The number of ether oxygens (including phenoxy) is 1. The van der Waals surface area contributed by atoms with Gasteiger partial charge in [0.25, 0.3) is 5.91 Å². The normalized spacial score (nSPS) is 16.2. The minimum atomic E-state index is -0.454. The molecule has 1 fully saturated rings. The molecule has 0 saturated carbocycles. The number of aliphatic hydroxyl groups excluding tert-OH is 1. The molecule has 7 nitrogen and oxygen atoms in total. The maximum absolute atomic E-state index is 12.1. The van der Waals surface area contributed by atoms with Crippen molar-refractivity contribution < 1.29 is 14.6 Å². The van der Waals surface area contributed by atoms with E-state index >= 15 is 0 Å². The molecular weight excluding hydrogens is 388 g/mol. The highest BCUT2D eigenvalue weighted by molar-refractivity contribution is 7.12. The summed E-state index contributed by atoms with van der Waals surface area (Å²) in [7, 11) is 0. The topological polar surface area (TPSA) is 77.9 Å². The predicted octanol–water partition coefficient (Wildman–Crippen LogP) is 2.55. The highest BCUT2D eigenvalue weighted by atomic mass is 32.1. The fraction of sp³-hybridized carbons (Fsp3) is 0.524. The van der Waals surface area contributed by atoms with Crippen LogP contribution >= 0.6 is 11.3 Å². The van der Waals surface area contributed by atoms with Crippen molar-refractivity contribution in [2.24, 2.45) is 5.92 Å². The van der Waals surface area contributed by atoms with E-state index in [9.17, 15) is 9.90 Å². The Morgan fingerprint density at radius 1 is 1.24 bits per heavy atom. The molecule has 2 N–H and O–H groups in total. The van der Waals surface area contributed by atoms with E-state index < -0.39 is 6.10 Å². The molecule has 29 heavy (non-hydrogen) atoms. The maximum atomic E-state index is 12.1. The van der Waals surface area contributed by atoms with Crippen LogP contribution in [0.5, 0.6) is 0 Å². The molecule has 0 aliphatic carbocycles. The highest BCUT2D eigenvalue weighted by Crippen LogP contribution is 2.18. The Morgan fingerprint density at radius 3 is 2.66 bits per heavy atom. The van der Waals surface area contributed by atoms with E-state index in [2.05, 4.69) is 33.9 Å². The molecule has 0 aromatic carbocycles. The average Bonchev–Trinajstić information content (AvgIpc) is 3.24. The van der Waals surface area contributed by atoms with Crippen LogP contribution in [-0.4, -0.2) is 72.9 Å². The lowest BCUT2D eigenvalue weighted by Gasteiger charge is -2.36. The minimum Gasteiger partial charge on any atom is -0.389 e. The molecule has 3 rings (SSSR count). The third kappa shape index (κ3) is 6.78. The van der Waals surface area contributed by atoms with E-state index in [1.54, 1.807) is 12.3 Å². The summed E-state index contributed by atoms with van der Waals surface area (Å²) in [5.41, 5.74) is 0.690. The molecule has 8 heteroatoms. The second-order valence-electron chi connectivity index (χ2n) is 7.71. The number of piperazine rings is 1. The van der Waals surface area contributed by atoms with Crippen LogP contribution < -0.4 is 10.2 Å². The minimum absolute atomic E-state index is 0.112. The summed E-state index contributed by atoms with van der Waals surface area (Å²) < 4.78 is 5.52. The summed E-state index contributed by atoms with van der Waals surface area (Å²) >= 11 is 1.41. The van der Waals surface area contributed by atoms with E-state index in [1.807, 2.05) is 23.6 Å². The van der Waals surface area contributed by atoms with Crippen molar-refractivity contribution in [3.63, 3.8) is 0 Å². The molecule has 1 aliphatic heterocycles. The summed E-state index contributed by atoms with van der Waals surface area (Å²) in [4.78, 5) is 21.8. The Bertz CT molecular complexity index is 744. The van der Waals surface area contributed by atoms with Gasteiger partial charge in [-0.1, -0.05) is 19.9 Å². The predicted molar refractivity (Wildman–Crippen MR) is 117 cm³/mol. The van der Waals surface area contributed by atoms with Crippen molar-refractivity contribution in [1.82, 2.24) is 9.88 Å². The van der Waals surface area contributed by atoms with Crippen LogP contribution in [0.25, 0.3) is 0 Å². The van der Waals surface area contributed by atoms with Gasteiger partial charge >= 0.3 is 0 Å². The number of carbonyl (C=O) groups is 1. The highest BCUT2D eigenvalue weighted by Gasteiger charge is 2.20. The Morgan fingerprint density at radius 2 is 2.03 bits per heavy atom. The van der Waals surface area contributed by atoms with Crippen LogP contribution in [0, 0.1) is 5.92 Å². The third-order valence-corrected chi connectivity index (χ3v) is 5.55. The van der Waals surface area contributed by atoms with Crippen LogP contribution in [0.4, 0.5) is 11.5 Å². The summed E-state index contributed by atoms with van der Waals surface area (Å²) in [6.07, 6.45) is 1.24. The zero-order chi connectivity index (χ0) is 20.6. The second kappa shape index (κ2) is 10.7. The average molecular weight is 419 g/mol. The monoisotopic (exact) mass is 418 g/mol. The van der Waals surface area contributed by atoms with Crippen molar-refractivity contribution in [1.29, 1.82) is 0 Å². The first-order valence-corrected chi connectivity index (χ1v) is 10.9. The first-order valence-electron chi connectivity index (χ1n) is 10.1. The lowest BCUT2D eigenvalue weighted by atomic mass is 10.2. The van der Waals surface area contributed by atoms with Gasteiger partial charge in [0.15, 0.2) is 0 Å². The fourth-order valence-electron chi connectivity index (χ4n) is 3.20. The Labute approximate surface area is 176 Å². The Balaban J connectivity index is 1.42. The summed E-state index contributed by atoms with van der Waals surface area (Å²) in [5, 5.41) is 14.9. The number of amides is 1. The van der Waals surface area contributed by atoms with Gasteiger partial charge in [-0.05, 0) is 29.5 Å². The van der Waals surface area contributed by atoms with Crippen LogP contribution in [0.1, 0.15) is 23.5 Å². The standard InChI is InChI=1S/C21H30N4O3S/c1-16(2)14-28-15-18(26)13-24-7-9-25(10-8-24)20-6-5-17(12-22-20)23-21(27)19-4-3-11-29-19/h3-6,11-12,16,18,26H,7-10,13-15H2,1-2H3,(H,23,27). The van der Waals surface area contributed by atoms with E-state index in [0.717, 1.165) is 32.0 Å². The van der Waals surface area contributed by atoms with E-state index in [-0.39, 0.29) is 5.91 Å². The number of aromatic nitrogens is 1. The molecule has 1 saturated heterocycles. The van der Waals surface area contributed by atoms with Gasteiger partial charge in [-0.3, -0.25) is 9.69 Å². The van der Waals surface area contributed by atoms with Gasteiger partial charge in [0.05, 0.1) is 29.5 Å². The molecule has 0 spiro atoms. The van der Waals surface area contributed by atoms with Gasteiger partial charge in [-0.25, -0.2) is 4.98 Å². The lowest BCUT2D eigenvalue weighted by molar-refractivity contribution is 0.00745. The molecule has 1 amide bonds. The van der Waals surface area contributed by atoms with E-state index in [0.29, 0.717) is 36.2 Å². The van der Waals surface area contributed by atoms with Crippen molar-refractivity contribution in [2.45, 2.75) is 20.0 Å². The number of aliphatic hydroxyl groups is 1. The van der Waals surface area contributed by atoms with Gasteiger partial charge < -0.3 is 20.1 Å². The molecule has 1 unspecified atom stereocenters. The number of nitrogens with one attached hydrogen (secondary N) is 1. The van der Waals surface area contributed by atoms with E-state index in [1.165, 1.54) is 11.3 Å². The summed E-state index contributed by atoms with van der Waals surface area (Å²) in [6.45, 7) is 9.36. The van der Waals surface area contributed by atoms with Crippen molar-refractivity contribution in [3.8, 4) is 0 Å². The molecule has 1 aliphatic rings. The smallest absolute Gasteiger partial charge is 0.265 e. The first-order chi connectivity index (χ1) is 14.0. The molecule has 2 aromatic rings.